The second-order valence-electron chi connectivity index (χ2n) is 4.34. The van der Waals surface area contributed by atoms with Gasteiger partial charge in [-0.3, -0.25) is 0 Å². The summed E-state index contributed by atoms with van der Waals surface area (Å²) in [7, 11) is 0. The molecule has 3 rings (SSSR count). The smallest absolute Gasteiger partial charge is 0.130 e. The van der Waals surface area contributed by atoms with Gasteiger partial charge in [0, 0.05) is 16.3 Å². The zero-order valence-corrected chi connectivity index (χ0v) is 10.6. The van der Waals surface area contributed by atoms with Crippen LogP contribution in [0, 0.1) is 6.92 Å². The average molecular weight is 245 g/mol. The number of benzene rings is 1. The Hall–Kier alpha value is -1.54. The summed E-state index contributed by atoms with van der Waals surface area (Å²) >= 11 is 6.07. The number of nitrogens with one attached hydrogen (secondary N) is 1. The Labute approximate surface area is 105 Å². The summed E-state index contributed by atoms with van der Waals surface area (Å²) in [6, 6.07) is 8.34. The number of hydrogen-bond donors (Lipinski definition) is 1. The monoisotopic (exact) mass is 244 g/mol. The van der Waals surface area contributed by atoms with Crippen molar-refractivity contribution < 1.29 is 0 Å². The first-order chi connectivity index (χ1) is 8.19. The number of aryl methyl sites for hydroxylation is 2. The maximum Gasteiger partial charge on any atom is 0.130 e. The van der Waals surface area contributed by atoms with Crippen LogP contribution in [0.25, 0.3) is 21.8 Å². The first-order valence-corrected chi connectivity index (χ1v) is 6.14. The second kappa shape index (κ2) is 3.74. The number of nitrogens with zero attached hydrogens (tertiary/aromatic N) is 1. The van der Waals surface area contributed by atoms with Crippen LogP contribution in [0.3, 0.4) is 0 Å². The summed E-state index contributed by atoms with van der Waals surface area (Å²) in [4.78, 5) is 7.80. The van der Waals surface area contributed by atoms with Crippen molar-refractivity contribution in [1.29, 1.82) is 0 Å². The van der Waals surface area contributed by atoms with Gasteiger partial charge < -0.3 is 4.98 Å². The highest BCUT2D eigenvalue weighted by Crippen LogP contribution is 2.29. The normalized spacial score (nSPS) is 11.5. The predicted molar refractivity (Wildman–Crippen MR) is 72.7 cm³/mol. The van der Waals surface area contributed by atoms with Crippen molar-refractivity contribution in [2.45, 2.75) is 20.3 Å². The molecule has 0 atom stereocenters. The SMILES string of the molecule is CCc1nc(Cl)cc2c1[nH]c1ccc(C)cc12. The van der Waals surface area contributed by atoms with E-state index in [1.807, 2.05) is 6.07 Å². The van der Waals surface area contributed by atoms with Gasteiger partial charge in [-0.15, -0.1) is 0 Å². The molecular weight excluding hydrogens is 232 g/mol. The predicted octanol–water partition coefficient (Wildman–Crippen LogP) is 4.24. The molecule has 2 heterocycles. The van der Waals surface area contributed by atoms with Crippen molar-refractivity contribution in [2.24, 2.45) is 0 Å². The van der Waals surface area contributed by atoms with Gasteiger partial charge in [0.25, 0.3) is 0 Å². The molecule has 2 aromatic heterocycles. The van der Waals surface area contributed by atoms with Gasteiger partial charge in [0.05, 0.1) is 11.2 Å². The summed E-state index contributed by atoms with van der Waals surface area (Å²) in [5.41, 5.74) is 4.53. The number of aromatic nitrogens is 2. The highest BCUT2D eigenvalue weighted by molar-refractivity contribution is 6.30. The highest BCUT2D eigenvalue weighted by atomic mass is 35.5. The van der Waals surface area contributed by atoms with Crippen molar-refractivity contribution in [2.75, 3.05) is 0 Å². The third-order valence-corrected chi connectivity index (χ3v) is 3.32. The molecule has 0 aliphatic heterocycles. The molecule has 0 fully saturated rings. The molecule has 0 amide bonds. The van der Waals surface area contributed by atoms with E-state index in [9.17, 15) is 0 Å². The number of hydrogen-bond acceptors (Lipinski definition) is 1. The van der Waals surface area contributed by atoms with E-state index < -0.39 is 0 Å². The van der Waals surface area contributed by atoms with Crippen molar-refractivity contribution in [1.82, 2.24) is 9.97 Å². The van der Waals surface area contributed by atoms with Gasteiger partial charge in [-0.2, -0.15) is 0 Å². The van der Waals surface area contributed by atoms with Crippen LogP contribution in [0.2, 0.25) is 5.15 Å². The van der Waals surface area contributed by atoms with E-state index >= 15 is 0 Å². The van der Waals surface area contributed by atoms with Gasteiger partial charge in [0.1, 0.15) is 5.15 Å². The van der Waals surface area contributed by atoms with E-state index in [1.54, 1.807) is 0 Å². The first kappa shape index (κ1) is 10.6. The molecule has 2 nitrogen and oxygen atoms in total. The molecule has 86 valence electrons. The van der Waals surface area contributed by atoms with E-state index in [1.165, 1.54) is 16.3 Å². The molecule has 0 aliphatic carbocycles. The largest absolute Gasteiger partial charge is 0.353 e. The number of halogens is 1. The van der Waals surface area contributed by atoms with E-state index in [2.05, 4.69) is 42.0 Å². The third-order valence-electron chi connectivity index (χ3n) is 3.12. The number of pyridine rings is 1. The maximum atomic E-state index is 6.07. The van der Waals surface area contributed by atoms with Gasteiger partial charge in [-0.05, 0) is 31.5 Å². The third kappa shape index (κ3) is 1.60. The number of aromatic amines is 1. The van der Waals surface area contributed by atoms with Crippen LogP contribution < -0.4 is 0 Å². The van der Waals surface area contributed by atoms with E-state index in [4.69, 9.17) is 11.6 Å². The Balaban J connectivity index is 2.52. The molecule has 3 heteroatoms. The molecule has 3 aromatic rings. The van der Waals surface area contributed by atoms with Crippen molar-refractivity contribution in [3.63, 3.8) is 0 Å². The standard InChI is InChI=1S/C14H13ClN2/c1-3-11-14-10(7-13(15)16-11)9-6-8(2)4-5-12(9)17-14/h4-7,17H,3H2,1-2H3. The van der Waals surface area contributed by atoms with Gasteiger partial charge in [0.2, 0.25) is 0 Å². The summed E-state index contributed by atoms with van der Waals surface area (Å²) in [6.45, 7) is 4.19. The van der Waals surface area contributed by atoms with E-state index in [-0.39, 0.29) is 0 Å². The Morgan fingerprint density at radius 2 is 2.06 bits per heavy atom. The summed E-state index contributed by atoms with van der Waals surface area (Å²) < 4.78 is 0. The van der Waals surface area contributed by atoms with E-state index in [0.29, 0.717) is 5.15 Å². The van der Waals surface area contributed by atoms with Crippen LogP contribution in [0.5, 0.6) is 0 Å². The Bertz CT molecular complexity index is 713. The number of rotatable bonds is 1. The van der Waals surface area contributed by atoms with Gasteiger partial charge in [-0.1, -0.05) is 30.2 Å². The van der Waals surface area contributed by atoms with E-state index in [0.717, 1.165) is 23.1 Å². The highest BCUT2D eigenvalue weighted by Gasteiger charge is 2.09. The maximum absolute atomic E-state index is 6.07. The van der Waals surface area contributed by atoms with Gasteiger partial charge in [0.15, 0.2) is 0 Å². The molecule has 0 saturated carbocycles. The summed E-state index contributed by atoms with van der Waals surface area (Å²) in [5, 5.41) is 2.95. The molecule has 0 spiro atoms. The van der Waals surface area contributed by atoms with Gasteiger partial charge >= 0.3 is 0 Å². The quantitative estimate of drug-likeness (QED) is 0.638. The van der Waals surface area contributed by atoms with Gasteiger partial charge in [-0.25, -0.2) is 4.98 Å². The van der Waals surface area contributed by atoms with Crippen LogP contribution in [0.15, 0.2) is 24.3 Å². The molecule has 17 heavy (non-hydrogen) atoms. The Kier molecular flexibility index (Phi) is 2.33. The summed E-state index contributed by atoms with van der Waals surface area (Å²) in [5.74, 6) is 0. The fraction of sp³-hybridized carbons (Fsp3) is 0.214. The minimum atomic E-state index is 0.566. The average Bonchev–Trinajstić information content (AvgIpc) is 2.66. The number of H-pyrrole nitrogens is 1. The van der Waals surface area contributed by atoms with Crippen LogP contribution in [-0.4, -0.2) is 9.97 Å². The van der Waals surface area contributed by atoms with Crippen molar-refractivity contribution in [3.05, 3.63) is 40.7 Å². The lowest BCUT2D eigenvalue weighted by atomic mass is 10.1. The molecular formula is C14H13ClN2. The number of fused-ring (bicyclic) bond motifs is 3. The van der Waals surface area contributed by atoms with Crippen LogP contribution in [0.1, 0.15) is 18.2 Å². The minimum Gasteiger partial charge on any atom is -0.353 e. The second-order valence-corrected chi connectivity index (χ2v) is 4.73. The molecule has 1 aromatic carbocycles. The zero-order valence-electron chi connectivity index (χ0n) is 9.84. The van der Waals surface area contributed by atoms with Crippen LogP contribution in [0.4, 0.5) is 0 Å². The lowest BCUT2D eigenvalue weighted by molar-refractivity contribution is 1.05. The lowest BCUT2D eigenvalue weighted by Gasteiger charge is -1.99. The first-order valence-electron chi connectivity index (χ1n) is 5.76. The lowest BCUT2D eigenvalue weighted by Crippen LogP contribution is -1.88. The molecule has 0 unspecified atom stereocenters. The zero-order chi connectivity index (χ0) is 12.0. The molecule has 1 N–H and O–H groups in total. The topological polar surface area (TPSA) is 28.7 Å². The molecule has 0 saturated heterocycles. The summed E-state index contributed by atoms with van der Waals surface area (Å²) in [6.07, 6.45) is 0.878. The fourth-order valence-electron chi connectivity index (χ4n) is 2.30. The minimum absolute atomic E-state index is 0.566. The van der Waals surface area contributed by atoms with Crippen molar-refractivity contribution >= 4 is 33.4 Å². The van der Waals surface area contributed by atoms with Crippen LogP contribution in [-0.2, 0) is 6.42 Å². The van der Waals surface area contributed by atoms with Crippen molar-refractivity contribution in [3.8, 4) is 0 Å². The van der Waals surface area contributed by atoms with Crippen LogP contribution >= 0.6 is 11.6 Å². The molecule has 0 aliphatic rings. The molecule has 0 bridgehead atoms. The Morgan fingerprint density at radius 3 is 2.82 bits per heavy atom. The molecule has 0 radical (unpaired) electrons. The Morgan fingerprint density at radius 1 is 1.24 bits per heavy atom. The fourth-order valence-corrected chi connectivity index (χ4v) is 2.51.